The van der Waals surface area contributed by atoms with Gasteiger partial charge in [-0.3, -0.25) is 4.79 Å². The van der Waals surface area contributed by atoms with Gasteiger partial charge in [0.1, 0.15) is 0 Å². The van der Waals surface area contributed by atoms with Crippen molar-refractivity contribution in [1.29, 1.82) is 0 Å². The summed E-state index contributed by atoms with van der Waals surface area (Å²) in [4.78, 5) is 12.0. The number of hydrogen-bond donors (Lipinski definition) is 1. The second-order valence-electron chi connectivity index (χ2n) is 6.23. The monoisotopic (exact) mass is 389 g/mol. The molecule has 2 aromatic carbocycles. The summed E-state index contributed by atoms with van der Waals surface area (Å²) in [5.41, 5.74) is 2.31. The predicted octanol–water partition coefficient (Wildman–Crippen LogP) is 4.82. The van der Waals surface area contributed by atoms with Crippen LogP contribution in [0.2, 0.25) is 5.02 Å². The first-order valence-electron chi connectivity index (χ1n) is 9.52. The summed E-state index contributed by atoms with van der Waals surface area (Å²) in [6.45, 7) is 5.71. The molecule has 0 fully saturated rings. The molecule has 0 saturated heterocycles. The molecule has 0 atom stereocenters. The molecule has 4 nitrogen and oxygen atoms in total. The summed E-state index contributed by atoms with van der Waals surface area (Å²) in [5.74, 6) is 1.60. The SMILES string of the molecule is CCOc1ccc(CCNC(=O)CCCc2ccc(Cl)cc2)cc1OCC. The third kappa shape index (κ3) is 7.51. The molecule has 0 spiro atoms. The Labute approximate surface area is 166 Å². The molecule has 1 N–H and O–H groups in total. The number of rotatable bonds is 11. The van der Waals surface area contributed by atoms with Gasteiger partial charge in [0.15, 0.2) is 11.5 Å². The third-order valence-corrected chi connectivity index (χ3v) is 4.38. The van der Waals surface area contributed by atoms with Gasteiger partial charge in [-0.2, -0.15) is 0 Å². The minimum atomic E-state index is 0.0833. The van der Waals surface area contributed by atoms with Gasteiger partial charge < -0.3 is 14.8 Å². The summed E-state index contributed by atoms with van der Waals surface area (Å²) >= 11 is 5.88. The highest BCUT2D eigenvalue weighted by Crippen LogP contribution is 2.28. The first kappa shape index (κ1) is 21.1. The number of amides is 1. The molecule has 0 aliphatic rings. The van der Waals surface area contributed by atoms with Crippen molar-refractivity contribution in [3.63, 3.8) is 0 Å². The molecule has 2 rings (SSSR count). The summed E-state index contributed by atoms with van der Waals surface area (Å²) < 4.78 is 11.2. The Morgan fingerprint density at radius 1 is 0.926 bits per heavy atom. The van der Waals surface area contributed by atoms with Crippen LogP contribution in [0.5, 0.6) is 11.5 Å². The van der Waals surface area contributed by atoms with E-state index in [0.717, 1.165) is 41.3 Å². The Hall–Kier alpha value is -2.20. The Morgan fingerprint density at radius 3 is 2.30 bits per heavy atom. The molecule has 0 saturated carbocycles. The van der Waals surface area contributed by atoms with Crippen LogP contribution in [0.15, 0.2) is 42.5 Å². The van der Waals surface area contributed by atoms with Gasteiger partial charge in [0.2, 0.25) is 5.91 Å². The fraction of sp³-hybridized carbons (Fsp3) is 0.409. The summed E-state index contributed by atoms with van der Waals surface area (Å²) in [5, 5.41) is 3.72. The van der Waals surface area contributed by atoms with Crippen molar-refractivity contribution in [3.8, 4) is 11.5 Å². The highest BCUT2D eigenvalue weighted by atomic mass is 35.5. The number of benzene rings is 2. The fourth-order valence-corrected chi connectivity index (χ4v) is 2.92. The maximum Gasteiger partial charge on any atom is 0.220 e. The third-order valence-electron chi connectivity index (χ3n) is 4.13. The molecular formula is C22H28ClNO3. The van der Waals surface area contributed by atoms with Gasteiger partial charge >= 0.3 is 0 Å². The maximum atomic E-state index is 12.0. The van der Waals surface area contributed by atoms with E-state index in [1.54, 1.807) is 0 Å². The van der Waals surface area contributed by atoms with Crippen LogP contribution in [0.3, 0.4) is 0 Å². The van der Waals surface area contributed by atoms with E-state index >= 15 is 0 Å². The van der Waals surface area contributed by atoms with Crippen LogP contribution < -0.4 is 14.8 Å². The molecular weight excluding hydrogens is 362 g/mol. The minimum Gasteiger partial charge on any atom is -0.490 e. The molecule has 1 amide bonds. The van der Waals surface area contributed by atoms with E-state index in [0.29, 0.717) is 26.2 Å². The van der Waals surface area contributed by atoms with Crippen LogP contribution in [0.1, 0.15) is 37.8 Å². The molecule has 0 radical (unpaired) electrons. The lowest BCUT2D eigenvalue weighted by Gasteiger charge is -2.12. The van der Waals surface area contributed by atoms with Crippen molar-refractivity contribution in [3.05, 3.63) is 58.6 Å². The molecule has 0 unspecified atom stereocenters. The Bertz CT molecular complexity index is 716. The quantitative estimate of drug-likeness (QED) is 0.599. The van der Waals surface area contributed by atoms with Crippen molar-refractivity contribution in [2.45, 2.75) is 39.5 Å². The number of aryl methyl sites for hydroxylation is 1. The predicted molar refractivity (Wildman–Crippen MR) is 110 cm³/mol. The fourth-order valence-electron chi connectivity index (χ4n) is 2.79. The van der Waals surface area contributed by atoms with Gasteiger partial charge in [-0.1, -0.05) is 29.8 Å². The molecule has 2 aromatic rings. The average molecular weight is 390 g/mol. The summed E-state index contributed by atoms with van der Waals surface area (Å²) in [6, 6.07) is 13.7. The van der Waals surface area contributed by atoms with Crippen molar-refractivity contribution >= 4 is 17.5 Å². The van der Waals surface area contributed by atoms with Crippen LogP contribution >= 0.6 is 11.6 Å². The van der Waals surface area contributed by atoms with E-state index in [-0.39, 0.29) is 5.91 Å². The average Bonchev–Trinajstić information content (AvgIpc) is 2.66. The molecule has 146 valence electrons. The Morgan fingerprint density at radius 2 is 1.59 bits per heavy atom. The smallest absolute Gasteiger partial charge is 0.220 e. The van der Waals surface area contributed by atoms with E-state index < -0.39 is 0 Å². The van der Waals surface area contributed by atoms with Crippen LogP contribution in [-0.2, 0) is 17.6 Å². The van der Waals surface area contributed by atoms with Crippen LogP contribution in [0, 0.1) is 0 Å². The zero-order valence-corrected chi connectivity index (χ0v) is 16.8. The summed E-state index contributed by atoms with van der Waals surface area (Å²) in [6.07, 6.45) is 2.98. The molecule has 27 heavy (non-hydrogen) atoms. The zero-order chi connectivity index (χ0) is 19.5. The first-order valence-corrected chi connectivity index (χ1v) is 9.89. The van der Waals surface area contributed by atoms with Gasteiger partial charge in [0, 0.05) is 18.0 Å². The molecule has 0 aromatic heterocycles. The maximum absolute atomic E-state index is 12.0. The van der Waals surface area contributed by atoms with Crippen LogP contribution in [0.4, 0.5) is 0 Å². The zero-order valence-electron chi connectivity index (χ0n) is 16.1. The van der Waals surface area contributed by atoms with Gasteiger partial charge in [-0.05, 0) is 68.5 Å². The first-order chi connectivity index (χ1) is 13.1. The van der Waals surface area contributed by atoms with Gasteiger partial charge in [-0.25, -0.2) is 0 Å². The number of carbonyl (C=O) groups is 1. The normalized spacial score (nSPS) is 10.5. The number of carbonyl (C=O) groups excluding carboxylic acids is 1. The van der Waals surface area contributed by atoms with Gasteiger partial charge in [-0.15, -0.1) is 0 Å². The van der Waals surface area contributed by atoms with E-state index in [4.69, 9.17) is 21.1 Å². The van der Waals surface area contributed by atoms with Crippen LogP contribution in [-0.4, -0.2) is 25.7 Å². The number of nitrogens with one attached hydrogen (secondary N) is 1. The summed E-state index contributed by atoms with van der Waals surface area (Å²) in [7, 11) is 0. The highest BCUT2D eigenvalue weighted by molar-refractivity contribution is 6.30. The lowest BCUT2D eigenvalue weighted by atomic mass is 10.1. The van der Waals surface area contributed by atoms with E-state index in [2.05, 4.69) is 5.32 Å². The van der Waals surface area contributed by atoms with Gasteiger partial charge in [0.25, 0.3) is 0 Å². The van der Waals surface area contributed by atoms with E-state index in [1.807, 2.05) is 56.3 Å². The second-order valence-corrected chi connectivity index (χ2v) is 6.66. The number of ether oxygens (including phenoxy) is 2. The van der Waals surface area contributed by atoms with Gasteiger partial charge in [0.05, 0.1) is 13.2 Å². The minimum absolute atomic E-state index is 0.0833. The van der Waals surface area contributed by atoms with E-state index in [9.17, 15) is 4.79 Å². The lowest BCUT2D eigenvalue weighted by Crippen LogP contribution is -2.25. The standard InChI is InChI=1S/C22H28ClNO3/c1-3-26-20-13-10-18(16-21(20)27-4-2)14-15-24-22(25)7-5-6-17-8-11-19(23)12-9-17/h8-13,16H,3-7,14-15H2,1-2H3,(H,24,25). The Kier molecular flexibility index (Phi) is 8.99. The van der Waals surface area contributed by atoms with Crippen molar-refractivity contribution < 1.29 is 14.3 Å². The van der Waals surface area contributed by atoms with Crippen LogP contribution in [0.25, 0.3) is 0 Å². The van der Waals surface area contributed by atoms with Crippen molar-refractivity contribution in [2.24, 2.45) is 0 Å². The number of halogens is 1. The van der Waals surface area contributed by atoms with E-state index in [1.165, 1.54) is 5.56 Å². The molecule has 5 heteroatoms. The Balaban J connectivity index is 1.72. The highest BCUT2D eigenvalue weighted by Gasteiger charge is 2.07. The molecule has 0 heterocycles. The number of hydrogen-bond acceptors (Lipinski definition) is 3. The topological polar surface area (TPSA) is 47.6 Å². The lowest BCUT2D eigenvalue weighted by molar-refractivity contribution is -0.121. The molecule has 0 aliphatic heterocycles. The molecule has 0 aliphatic carbocycles. The second kappa shape index (κ2) is 11.5. The molecule has 0 bridgehead atoms. The largest absolute Gasteiger partial charge is 0.490 e. The van der Waals surface area contributed by atoms with Crippen molar-refractivity contribution in [2.75, 3.05) is 19.8 Å². The van der Waals surface area contributed by atoms with Crippen molar-refractivity contribution in [1.82, 2.24) is 5.32 Å².